The summed E-state index contributed by atoms with van der Waals surface area (Å²) in [5, 5.41) is 23.7. The zero-order valence-electron chi connectivity index (χ0n) is 22.3. The number of benzene rings is 6. The number of furan rings is 2. The van der Waals surface area contributed by atoms with Gasteiger partial charge in [-0.15, -0.1) is 0 Å². The first-order chi connectivity index (χ1) is 20.7. The van der Waals surface area contributed by atoms with Crippen LogP contribution < -0.4 is 0 Å². The zero-order valence-corrected chi connectivity index (χ0v) is 22.3. The summed E-state index contributed by atoms with van der Waals surface area (Å²) in [6.07, 6.45) is 0. The van der Waals surface area contributed by atoms with Crippen LogP contribution in [0.25, 0.3) is 77.3 Å². The predicted molar refractivity (Wildman–Crippen MR) is 167 cm³/mol. The number of nitrogens with zero attached hydrogens (tertiary/aromatic N) is 2. The van der Waals surface area contributed by atoms with Gasteiger partial charge in [-0.3, -0.25) is 0 Å². The Morgan fingerprint density at radius 1 is 0.405 bits per heavy atom. The molecule has 6 aromatic carbocycles. The maximum Gasteiger partial charge on any atom is 0.135 e. The van der Waals surface area contributed by atoms with Crippen molar-refractivity contribution in [2.24, 2.45) is 0 Å². The Morgan fingerprint density at radius 3 is 1.67 bits per heavy atom. The Labute approximate surface area is 240 Å². The topological polar surface area (TPSA) is 73.9 Å². The first-order valence-corrected chi connectivity index (χ1v) is 13.6. The molecule has 0 atom stereocenters. The van der Waals surface area contributed by atoms with Crippen molar-refractivity contribution < 1.29 is 8.83 Å². The van der Waals surface area contributed by atoms with Gasteiger partial charge in [-0.05, 0) is 88.5 Å². The smallest absolute Gasteiger partial charge is 0.135 e. The van der Waals surface area contributed by atoms with E-state index in [0.717, 1.165) is 77.3 Å². The molecule has 4 nitrogen and oxygen atoms in total. The van der Waals surface area contributed by atoms with E-state index >= 15 is 0 Å². The maximum atomic E-state index is 10.3. The molecule has 0 saturated carbocycles. The summed E-state index contributed by atoms with van der Waals surface area (Å²) in [6, 6.07) is 44.7. The van der Waals surface area contributed by atoms with Crippen LogP contribution in [0.5, 0.6) is 0 Å². The van der Waals surface area contributed by atoms with Gasteiger partial charge in [-0.2, -0.15) is 10.5 Å². The highest BCUT2D eigenvalue weighted by Crippen LogP contribution is 2.42. The Morgan fingerprint density at radius 2 is 0.976 bits per heavy atom. The normalized spacial score (nSPS) is 11.3. The summed E-state index contributed by atoms with van der Waals surface area (Å²) < 4.78 is 12.2. The molecule has 8 rings (SSSR count). The van der Waals surface area contributed by atoms with Gasteiger partial charge < -0.3 is 8.83 Å². The molecule has 194 valence electrons. The van der Waals surface area contributed by atoms with E-state index in [1.165, 1.54) is 0 Å². The van der Waals surface area contributed by atoms with E-state index in [4.69, 9.17) is 8.83 Å². The van der Waals surface area contributed by atoms with Gasteiger partial charge in [-0.25, -0.2) is 0 Å². The lowest BCUT2D eigenvalue weighted by Crippen LogP contribution is -1.92. The largest absolute Gasteiger partial charge is 0.456 e. The standard InChI is InChI=1S/C38H20N2O2/c39-21-23-10-13-36-32(16-23)34-18-25(11-15-38(34)42-36)30-19-27(22-40)29(24-6-2-1-3-7-24)20-31(30)26-12-14-37-33(17-26)28-8-4-5-9-35(28)41-37/h1-20H. The minimum atomic E-state index is 0.580. The quantitative estimate of drug-likeness (QED) is 0.225. The lowest BCUT2D eigenvalue weighted by molar-refractivity contribution is 0.668. The van der Waals surface area contributed by atoms with Crippen molar-refractivity contribution >= 4 is 43.9 Å². The second kappa shape index (κ2) is 9.24. The predicted octanol–water partition coefficient (Wildman–Crippen LogP) is 10.2. The number of hydrogen-bond donors (Lipinski definition) is 0. The van der Waals surface area contributed by atoms with Crippen LogP contribution in [0.15, 0.2) is 130 Å². The molecule has 0 spiro atoms. The van der Waals surface area contributed by atoms with Crippen LogP contribution in [-0.4, -0.2) is 0 Å². The fourth-order valence-corrected chi connectivity index (χ4v) is 5.93. The van der Waals surface area contributed by atoms with Crippen molar-refractivity contribution in [1.82, 2.24) is 0 Å². The van der Waals surface area contributed by atoms with Gasteiger partial charge in [-0.1, -0.05) is 60.7 Å². The molecule has 0 unspecified atom stereocenters. The van der Waals surface area contributed by atoms with Crippen molar-refractivity contribution in [1.29, 1.82) is 10.5 Å². The lowest BCUT2D eigenvalue weighted by atomic mass is 9.87. The van der Waals surface area contributed by atoms with Crippen LogP contribution in [-0.2, 0) is 0 Å². The van der Waals surface area contributed by atoms with Crippen molar-refractivity contribution in [3.8, 4) is 45.5 Å². The molecule has 0 aliphatic heterocycles. The van der Waals surface area contributed by atoms with E-state index in [9.17, 15) is 10.5 Å². The molecule has 0 bridgehead atoms. The summed E-state index contributed by atoms with van der Waals surface area (Å²) in [7, 11) is 0. The third kappa shape index (κ3) is 3.68. The summed E-state index contributed by atoms with van der Waals surface area (Å²) in [6.45, 7) is 0. The molecule has 0 N–H and O–H groups in total. The molecule has 0 radical (unpaired) electrons. The molecular formula is C38H20N2O2. The van der Waals surface area contributed by atoms with Gasteiger partial charge in [0, 0.05) is 27.1 Å². The third-order valence-corrected chi connectivity index (χ3v) is 7.96. The number of nitriles is 2. The molecule has 0 aliphatic rings. The molecule has 0 fully saturated rings. The highest BCUT2D eigenvalue weighted by atomic mass is 16.3. The van der Waals surface area contributed by atoms with E-state index in [1.807, 2.05) is 84.9 Å². The minimum Gasteiger partial charge on any atom is -0.456 e. The Bertz CT molecular complexity index is 2430. The number of para-hydroxylation sites is 1. The molecule has 0 saturated heterocycles. The summed E-state index contributed by atoms with van der Waals surface area (Å²) in [5.41, 5.74) is 10.1. The molecule has 2 aromatic heterocycles. The van der Waals surface area contributed by atoms with Crippen LogP contribution in [0.3, 0.4) is 0 Å². The second-order valence-corrected chi connectivity index (χ2v) is 10.4. The second-order valence-electron chi connectivity index (χ2n) is 10.4. The average molecular weight is 537 g/mol. The summed E-state index contributed by atoms with van der Waals surface area (Å²) in [5.74, 6) is 0. The van der Waals surface area contributed by atoms with Crippen LogP contribution >= 0.6 is 0 Å². The molecule has 0 aliphatic carbocycles. The minimum absolute atomic E-state index is 0.580. The number of fused-ring (bicyclic) bond motifs is 6. The van der Waals surface area contributed by atoms with Gasteiger partial charge in [0.1, 0.15) is 22.3 Å². The van der Waals surface area contributed by atoms with Crippen LogP contribution in [0, 0.1) is 22.7 Å². The lowest BCUT2D eigenvalue weighted by Gasteiger charge is -2.15. The van der Waals surface area contributed by atoms with E-state index in [-0.39, 0.29) is 0 Å². The van der Waals surface area contributed by atoms with Gasteiger partial charge in [0.15, 0.2) is 0 Å². The SMILES string of the molecule is N#Cc1ccc2oc3ccc(-c4cc(C#N)c(-c5ccccc5)cc4-c4ccc5oc6ccccc6c5c4)cc3c2c1. The average Bonchev–Trinajstić information content (AvgIpc) is 3.61. The first-order valence-electron chi connectivity index (χ1n) is 13.6. The highest BCUT2D eigenvalue weighted by Gasteiger charge is 2.18. The fraction of sp³-hybridized carbons (Fsp3) is 0. The summed E-state index contributed by atoms with van der Waals surface area (Å²) >= 11 is 0. The van der Waals surface area contributed by atoms with Crippen molar-refractivity contribution in [2.75, 3.05) is 0 Å². The molecule has 8 aromatic rings. The van der Waals surface area contributed by atoms with Crippen LogP contribution in [0.4, 0.5) is 0 Å². The summed E-state index contributed by atoms with van der Waals surface area (Å²) in [4.78, 5) is 0. The monoisotopic (exact) mass is 536 g/mol. The molecule has 4 heteroatoms. The molecule has 42 heavy (non-hydrogen) atoms. The Balaban J connectivity index is 1.42. The van der Waals surface area contributed by atoms with Crippen molar-refractivity contribution in [2.45, 2.75) is 0 Å². The van der Waals surface area contributed by atoms with Crippen molar-refractivity contribution in [3.05, 3.63) is 132 Å². The Kier molecular flexibility index (Phi) is 5.22. The maximum absolute atomic E-state index is 10.3. The number of rotatable bonds is 3. The first kappa shape index (κ1) is 23.8. The Hall–Kier alpha value is -6.10. The van der Waals surface area contributed by atoms with Gasteiger partial charge in [0.05, 0.1) is 23.3 Å². The third-order valence-electron chi connectivity index (χ3n) is 7.96. The zero-order chi connectivity index (χ0) is 28.2. The van der Waals surface area contributed by atoms with E-state index in [0.29, 0.717) is 11.1 Å². The van der Waals surface area contributed by atoms with Gasteiger partial charge in [0.2, 0.25) is 0 Å². The van der Waals surface area contributed by atoms with E-state index in [2.05, 4.69) is 42.5 Å². The fourth-order valence-electron chi connectivity index (χ4n) is 5.93. The van der Waals surface area contributed by atoms with Crippen LogP contribution in [0.1, 0.15) is 11.1 Å². The van der Waals surface area contributed by atoms with Crippen LogP contribution in [0.2, 0.25) is 0 Å². The molecular weight excluding hydrogens is 516 g/mol. The van der Waals surface area contributed by atoms with Gasteiger partial charge in [0.25, 0.3) is 0 Å². The highest BCUT2D eigenvalue weighted by molar-refractivity contribution is 6.09. The van der Waals surface area contributed by atoms with Crippen molar-refractivity contribution in [3.63, 3.8) is 0 Å². The molecule has 2 heterocycles. The van der Waals surface area contributed by atoms with Gasteiger partial charge >= 0.3 is 0 Å². The molecule has 0 amide bonds. The number of hydrogen-bond acceptors (Lipinski definition) is 4. The van der Waals surface area contributed by atoms with E-state index in [1.54, 1.807) is 6.07 Å². The van der Waals surface area contributed by atoms with E-state index < -0.39 is 0 Å².